The summed E-state index contributed by atoms with van der Waals surface area (Å²) in [5, 5.41) is 11.0. The van der Waals surface area contributed by atoms with Gasteiger partial charge in [-0.15, -0.1) is 0 Å². The summed E-state index contributed by atoms with van der Waals surface area (Å²) < 4.78 is 6.86. The summed E-state index contributed by atoms with van der Waals surface area (Å²) in [6.45, 7) is 5.08. The molecular formula is C21H24N4O3. The molecule has 1 aromatic heterocycles. The van der Waals surface area contributed by atoms with E-state index in [1.54, 1.807) is 11.1 Å². The smallest absolute Gasteiger partial charge is 0.266 e. The van der Waals surface area contributed by atoms with Gasteiger partial charge in [0, 0.05) is 25.2 Å². The maximum absolute atomic E-state index is 13.4. The van der Waals surface area contributed by atoms with E-state index >= 15 is 0 Å². The number of hydrazone groups is 1. The molecule has 146 valence electrons. The van der Waals surface area contributed by atoms with Crippen molar-refractivity contribution in [1.29, 1.82) is 0 Å². The Bertz CT molecular complexity index is 946. The molecule has 4 rings (SSSR count). The van der Waals surface area contributed by atoms with E-state index in [1.165, 1.54) is 10.7 Å². The Labute approximate surface area is 163 Å². The number of hydrogen-bond donors (Lipinski definition) is 0. The van der Waals surface area contributed by atoms with E-state index in [1.807, 2.05) is 44.2 Å². The molecule has 28 heavy (non-hydrogen) atoms. The minimum Gasteiger partial charge on any atom is -0.381 e. The molecule has 1 fully saturated rings. The number of ether oxygens (including phenoxy) is 1. The van der Waals surface area contributed by atoms with E-state index in [9.17, 15) is 9.59 Å². The van der Waals surface area contributed by atoms with Gasteiger partial charge in [0.15, 0.2) is 6.04 Å². The van der Waals surface area contributed by atoms with Crippen molar-refractivity contribution in [3.63, 3.8) is 0 Å². The van der Waals surface area contributed by atoms with Gasteiger partial charge in [-0.05, 0) is 44.9 Å². The number of rotatable bonds is 4. The average Bonchev–Trinajstić information content (AvgIpc) is 3.07. The predicted octanol–water partition coefficient (Wildman–Crippen LogP) is 2.74. The number of anilines is 1. The molecule has 0 saturated carbocycles. The van der Waals surface area contributed by atoms with Crippen LogP contribution in [0.2, 0.25) is 0 Å². The molecule has 0 aliphatic carbocycles. The lowest BCUT2D eigenvalue weighted by atomic mass is 9.90. The Morgan fingerprint density at radius 3 is 2.43 bits per heavy atom. The van der Waals surface area contributed by atoms with Crippen LogP contribution < -0.4 is 10.6 Å². The van der Waals surface area contributed by atoms with Crippen molar-refractivity contribution in [3.8, 4) is 0 Å². The minimum atomic E-state index is -0.661. The van der Waals surface area contributed by atoms with Crippen LogP contribution in [-0.4, -0.2) is 34.5 Å². The SMILES string of the molecule is CC(C)n1nc(C2C(=O)C(C3CCOCC3)=NN2c2ccccc2)ccc1=O. The maximum Gasteiger partial charge on any atom is 0.266 e. The zero-order valence-electron chi connectivity index (χ0n) is 16.1. The fourth-order valence-electron chi connectivity index (χ4n) is 3.73. The average molecular weight is 380 g/mol. The lowest BCUT2D eigenvalue weighted by Crippen LogP contribution is -2.33. The van der Waals surface area contributed by atoms with E-state index in [0.29, 0.717) is 24.6 Å². The van der Waals surface area contributed by atoms with Crippen LogP contribution in [0.5, 0.6) is 0 Å². The summed E-state index contributed by atoms with van der Waals surface area (Å²) in [6.07, 6.45) is 1.58. The molecule has 2 aliphatic rings. The minimum absolute atomic E-state index is 0.0443. The lowest BCUT2D eigenvalue weighted by molar-refractivity contribution is -0.114. The number of benzene rings is 1. The largest absolute Gasteiger partial charge is 0.381 e. The van der Waals surface area contributed by atoms with Crippen LogP contribution >= 0.6 is 0 Å². The molecular weight excluding hydrogens is 356 g/mol. The van der Waals surface area contributed by atoms with Crippen molar-refractivity contribution in [3.05, 3.63) is 58.5 Å². The topological polar surface area (TPSA) is 76.8 Å². The highest BCUT2D eigenvalue weighted by atomic mass is 16.5. The van der Waals surface area contributed by atoms with Crippen LogP contribution in [0.4, 0.5) is 5.69 Å². The molecule has 1 aromatic carbocycles. The molecule has 0 bridgehead atoms. The van der Waals surface area contributed by atoms with Crippen molar-refractivity contribution in [2.75, 3.05) is 18.2 Å². The summed E-state index contributed by atoms with van der Waals surface area (Å²) in [4.78, 5) is 25.5. The summed E-state index contributed by atoms with van der Waals surface area (Å²) >= 11 is 0. The van der Waals surface area contributed by atoms with Crippen molar-refractivity contribution >= 4 is 17.2 Å². The van der Waals surface area contributed by atoms with Gasteiger partial charge in [0.05, 0.1) is 17.4 Å². The van der Waals surface area contributed by atoms with Gasteiger partial charge in [-0.3, -0.25) is 9.59 Å². The number of ketones is 1. The van der Waals surface area contributed by atoms with Gasteiger partial charge in [-0.2, -0.15) is 10.2 Å². The maximum atomic E-state index is 13.4. The Morgan fingerprint density at radius 2 is 1.75 bits per heavy atom. The molecule has 2 aliphatic heterocycles. The van der Waals surface area contributed by atoms with Crippen LogP contribution in [0.1, 0.15) is 44.5 Å². The zero-order chi connectivity index (χ0) is 19.7. The van der Waals surface area contributed by atoms with Gasteiger partial charge in [-0.25, -0.2) is 9.69 Å². The molecule has 0 radical (unpaired) electrons. The normalized spacial score (nSPS) is 20.7. The van der Waals surface area contributed by atoms with Gasteiger partial charge >= 0.3 is 0 Å². The fraction of sp³-hybridized carbons (Fsp3) is 0.429. The molecule has 3 heterocycles. The van der Waals surface area contributed by atoms with Gasteiger partial charge in [0.2, 0.25) is 5.78 Å². The molecule has 0 amide bonds. The number of para-hydroxylation sites is 1. The number of nitrogens with zero attached hydrogens (tertiary/aromatic N) is 4. The number of aromatic nitrogens is 2. The molecule has 1 atom stereocenters. The Morgan fingerprint density at radius 1 is 1.04 bits per heavy atom. The Hall–Kier alpha value is -2.80. The quantitative estimate of drug-likeness (QED) is 0.815. The third kappa shape index (κ3) is 3.38. The highest BCUT2D eigenvalue weighted by molar-refractivity contribution is 6.44. The third-order valence-corrected chi connectivity index (χ3v) is 5.20. The van der Waals surface area contributed by atoms with E-state index in [4.69, 9.17) is 9.84 Å². The van der Waals surface area contributed by atoms with Gasteiger partial charge in [0.25, 0.3) is 5.56 Å². The first-order valence-corrected chi connectivity index (χ1v) is 9.71. The lowest BCUT2D eigenvalue weighted by Gasteiger charge is -2.22. The Kier molecular flexibility index (Phi) is 5.09. The number of carbonyl (C=O) groups excluding carboxylic acids is 1. The first-order valence-electron chi connectivity index (χ1n) is 9.71. The monoisotopic (exact) mass is 380 g/mol. The molecule has 7 nitrogen and oxygen atoms in total. The van der Waals surface area contributed by atoms with Gasteiger partial charge in [0.1, 0.15) is 5.71 Å². The first kappa shape index (κ1) is 18.6. The van der Waals surface area contributed by atoms with E-state index in [2.05, 4.69) is 5.10 Å². The highest BCUT2D eigenvalue weighted by Crippen LogP contribution is 2.35. The summed E-state index contributed by atoms with van der Waals surface area (Å²) in [5.41, 5.74) is 1.77. The fourth-order valence-corrected chi connectivity index (χ4v) is 3.73. The molecule has 0 N–H and O–H groups in total. The predicted molar refractivity (Wildman–Crippen MR) is 107 cm³/mol. The van der Waals surface area contributed by atoms with E-state index < -0.39 is 6.04 Å². The third-order valence-electron chi connectivity index (χ3n) is 5.20. The van der Waals surface area contributed by atoms with E-state index in [0.717, 1.165) is 18.5 Å². The van der Waals surface area contributed by atoms with Crippen LogP contribution in [-0.2, 0) is 9.53 Å². The zero-order valence-corrected chi connectivity index (χ0v) is 16.1. The van der Waals surface area contributed by atoms with Crippen molar-refractivity contribution < 1.29 is 9.53 Å². The number of Topliss-reactive ketones (excluding diaryl/α,β-unsaturated/α-hetero) is 1. The molecule has 1 unspecified atom stereocenters. The van der Waals surface area contributed by atoms with Crippen LogP contribution in [0.15, 0.2) is 52.4 Å². The second-order valence-corrected chi connectivity index (χ2v) is 7.45. The summed E-state index contributed by atoms with van der Waals surface area (Å²) in [7, 11) is 0. The van der Waals surface area contributed by atoms with Crippen molar-refractivity contribution in [2.45, 2.75) is 38.8 Å². The second kappa shape index (κ2) is 7.67. The van der Waals surface area contributed by atoms with Gasteiger partial charge in [-0.1, -0.05) is 18.2 Å². The van der Waals surface area contributed by atoms with Gasteiger partial charge < -0.3 is 4.74 Å². The first-order chi connectivity index (χ1) is 13.6. The molecule has 7 heteroatoms. The number of hydrogen-bond acceptors (Lipinski definition) is 6. The number of carbonyl (C=O) groups is 1. The molecule has 1 saturated heterocycles. The molecule has 0 spiro atoms. The van der Waals surface area contributed by atoms with Crippen molar-refractivity contribution in [1.82, 2.24) is 9.78 Å². The standard InChI is InChI=1S/C21H24N4O3/c1-14(2)24-18(26)9-8-17(22-24)20-21(27)19(15-10-12-28-13-11-15)23-25(20)16-6-4-3-5-7-16/h3-9,14-15,20H,10-13H2,1-2H3. The van der Waals surface area contributed by atoms with Crippen molar-refractivity contribution in [2.24, 2.45) is 11.0 Å². The van der Waals surface area contributed by atoms with Crippen LogP contribution in [0.3, 0.4) is 0 Å². The second-order valence-electron chi connectivity index (χ2n) is 7.45. The van der Waals surface area contributed by atoms with E-state index in [-0.39, 0.29) is 23.3 Å². The highest BCUT2D eigenvalue weighted by Gasteiger charge is 2.42. The summed E-state index contributed by atoms with van der Waals surface area (Å²) in [5.74, 6) is 0.0469. The molecule has 2 aromatic rings. The van der Waals surface area contributed by atoms with Crippen LogP contribution in [0.25, 0.3) is 0 Å². The Balaban J connectivity index is 1.77. The summed E-state index contributed by atoms with van der Waals surface area (Å²) in [6, 6.07) is 12.0. The van der Waals surface area contributed by atoms with Crippen LogP contribution in [0, 0.1) is 5.92 Å².